The summed E-state index contributed by atoms with van der Waals surface area (Å²) in [6.45, 7) is 1.20. The summed E-state index contributed by atoms with van der Waals surface area (Å²) < 4.78 is 5.47. The van der Waals surface area contributed by atoms with Crippen LogP contribution in [0, 0.1) is 0 Å². The van der Waals surface area contributed by atoms with Gasteiger partial charge in [0.05, 0.1) is 17.4 Å². The summed E-state index contributed by atoms with van der Waals surface area (Å²) in [6, 6.07) is 3.93. The molecular formula is C14H17ClN2O4. The third-order valence-corrected chi connectivity index (χ3v) is 3.54. The van der Waals surface area contributed by atoms with E-state index in [0.717, 1.165) is 19.4 Å². The SMILES string of the molecule is CN(CC1CCCO1)C(=O)Nc1ccc(Cl)cc1C(=O)O. The van der Waals surface area contributed by atoms with E-state index >= 15 is 0 Å². The molecule has 0 aromatic heterocycles. The van der Waals surface area contributed by atoms with Gasteiger partial charge in [-0.3, -0.25) is 0 Å². The number of carboxylic acid groups (broad SMARTS) is 1. The monoisotopic (exact) mass is 312 g/mol. The lowest BCUT2D eigenvalue weighted by molar-refractivity contribution is 0.0698. The number of halogens is 1. The van der Waals surface area contributed by atoms with Gasteiger partial charge in [-0.1, -0.05) is 11.6 Å². The molecule has 114 valence electrons. The Bertz CT molecular complexity index is 544. The van der Waals surface area contributed by atoms with Crippen LogP contribution in [-0.2, 0) is 4.74 Å². The maximum Gasteiger partial charge on any atom is 0.337 e. The van der Waals surface area contributed by atoms with E-state index in [1.807, 2.05) is 0 Å². The molecule has 0 spiro atoms. The summed E-state index contributed by atoms with van der Waals surface area (Å²) in [5.41, 5.74) is 0.178. The number of carbonyl (C=O) groups excluding carboxylic acids is 1. The number of ether oxygens (including phenoxy) is 1. The van der Waals surface area contributed by atoms with Crippen molar-refractivity contribution in [1.29, 1.82) is 0 Å². The number of aromatic carboxylic acids is 1. The second kappa shape index (κ2) is 6.78. The molecule has 2 N–H and O–H groups in total. The van der Waals surface area contributed by atoms with Crippen molar-refractivity contribution >= 4 is 29.3 Å². The van der Waals surface area contributed by atoms with Crippen molar-refractivity contribution < 1.29 is 19.4 Å². The fourth-order valence-corrected chi connectivity index (χ4v) is 2.36. The Kier molecular flexibility index (Phi) is 5.03. The van der Waals surface area contributed by atoms with Gasteiger partial charge in [0.2, 0.25) is 0 Å². The maximum atomic E-state index is 12.1. The van der Waals surface area contributed by atoms with Crippen LogP contribution >= 0.6 is 11.6 Å². The zero-order valence-electron chi connectivity index (χ0n) is 11.6. The van der Waals surface area contributed by atoms with Crippen LogP contribution in [0.5, 0.6) is 0 Å². The quantitative estimate of drug-likeness (QED) is 0.896. The van der Waals surface area contributed by atoms with Crippen LogP contribution in [0.25, 0.3) is 0 Å². The molecule has 0 saturated carbocycles. The molecule has 1 heterocycles. The topological polar surface area (TPSA) is 78.9 Å². The molecule has 1 aliphatic rings. The first-order chi connectivity index (χ1) is 9.97. The fraction of sp³-hybridized carbons (Fsp3) is 0.429. The van der Waals surface area contributed by atoms with Crippen molar-refractivity contribution in [3.8, 4) is 0 Å². The predicted molar refractivity (Wildman–Crippen MR) is 79.0 cm³/mol. The molecule has 1 atom stereocenters. The van der Waals surface area contributed by atoms with E-state index in [1.54, 1.807) is 7.05 Å². The number of benzene rings is 1. The first-order valence-electron chi connectivity index (χ1n) is 6.64. The molecule has 0 aliphatic carbocycles. The highest BCUT2D eigenvalue weighted by molar-refractivity contribution is 6.31. The first-order valence-corrected chi connectivity index (χ1v) is 7.01. The van der Waals surface area contributed by atoms with Crippen molar-refractivity contribution in [1.82, 2.24) is 4.90 Å². The number of hydrogen-bond acceptors (Lipinski definition) is 3. The Labute approximate surface area is 127 Å². The average Bonchev–Trinajstić information content (AvgIpc) is 2.93. The number of nitrogens with zero attached hydrogens (tertiary/aromatic N) is 1. The normalized spacial score (nSPS) is 17.5. The smallest absolute Gasteiger partial charge is 0.337 e. The number of anilines is 1. The second-order valence-electron chi connectivity index (χ2n) is 4.94. The third-order valence-electron chi connectivity index (χ3n) is 3.30. The van der Waals surface area contributed by atoms with E-state index in [2.05, 4.69) is 5.32 Å². The number of amides is 2. The molecule has 1 aromatic carbocycles. The van der Waals surface area contributed by atoms with Crippen LogP contribution in [0.4, 0.5) is 10.5 Å². The van der Waals surface area contributed by atoms with Gasteiger partial charge in [0.15, 0.2) is 0 Å². The van der Waals surface area contributed by atoms with Crippen LogP contribution < -0.4 is 5.32 Å². The number of nitrogens with one attached hydrogen (secondary N) is 1. The summed E-state index contributed by atoms with van der Waals surface area (Å²) in [6.07, 6.45) is 1.98. The summed E-state index contributed by atoms with van der Waals surface area (Å²) in [5.74, 6) is -1.14. The van der Waals surface area contributed by atoms with Gasteiger partial charge in [0.1, 0.15) is 0 Å². The van der Waals surface area contributed by atoms with Gasteiger partial charge in [0.25, 0.3) is 0 Å². The van der Waals surface area contributed by atoms with Crippen LogP contribution in [0.3, 0.4) is 0 Å². The van der Waals surface area contributed by atoms with E-state index in [-0.39, 0.29) is 23.4 Å². The standard InChI is InChI=1S/C14H17ClN2O4/c1-17(8-10-3-2-6-21-10)14(20)16-12-5-4-9(15)7-11(12)13(18)19/h4-5,7,10H,2-3,6,8H2,1H3,(H,16,20)(H,18,19). The first kappa shape index (κ1) is 15.6. The molecule has 21 heavy (non-hydrogen) atoms. The fourth-order valence-electron chi connectivity index (χ4n) is 2.19. The lowest BCUT2D eigenvalue weighted by atomic mass is 10.2. The number of urea groups is 1. The van der Waals surface area contributed by atoms with Gasteiger partial charge in [0, 0.05) is 25.2 Å². The largest absolute Gasteiger partial charge is 0.478 e. The Morgan fingerprint density at radius 2 is 2.29 bits per heavy atom. The number of hydrogen-bond donors (Lipinski definition) is 2. The molecule has 2 amide bonds. The third kappa shape index (κ3) is 4.09. The summed E-state index contributed by atoms with van der Waals surface area (Å²) in [7, 11) is 1.65. The lowest BCUT2D eigenvalue weighted by Crippen LogP contribution is -2.37. The molecular weight excluding hydrogens is 296 g/mol. The number of carboxylic acids is 1. The average molecular weight is 313 g/mol. The van der Waals surface area contributed by atoms with Gasteiger partial charge in [-0.2, -0.15) is 0 Å². The summed E-state index contributed by atoms with van der Waals surface area (Å²) in [5, 5.41) is 12.0. The molecule has 1 aromatic rings. The highest BCUT2D eigenvalue weighted by Gasteiger charge is 2.21. The zero-order valence-corrected chi connectivity index (χ0v) is 12.4. The van der Waals surface area contributed by atoms with Crippen molar-refractivity contribution in [2.45, 2.75) is 18.9 Å². The number of rotatable bonds is 4. The zero-order chi connectivity index (χ0) is 15.4. The molecule has 6 nitrogen and oxygen atoms in total. The van der Waals surface area contributed by atoms with Gasteiger partial charge in [-0.15, -0.1) is 0 Å². The number of likely N-dealkylation sites (N-methyl/N-ethyl adjacent to an activating group) is 1. The minimum absolute atomic E-state index is 0.0404. The highest BCUT2D eigenvalue weighted by Crippen LogP contribution is 2.21. The van der Waals surface area contributed by atoms with E-state index in [0.29, 0.717) is 11.6 Å². The molecule has 1 saturated heterocycles. The summed E-state index contributed by atoms with van der Waals surface area (Å²) >= 11 is 5.77. The maximum absolute atomic E-state index is 12.1. The molecule has 1 unspecified atom stereocenters. The molecule has 1 fully saturated rings. The van der Waals surface area contributed by atoms with Gasteiger partial charge in [-0.25, -0.2) is 9.59 Å². The molecule has 0 radical (unpaired) electrons. The number of carbonyl (C=O) groups is 2. The molecule has 2 rings (SSSR count). The minimum atomic E-state index is -1.14. The minimum Gasteiger partial charge on any atom is -0.478 e. The van der Waals surface area contributed by atoms with E-state index in [1.165, 1.54) is 23.1 Å². The van der Waals surface area contributed by atoms with Crippen LogP contribution in [0.15, 0.2) is 18.2 Å². The molecule has 7 heteroatoms. The van der Waals surface area contributed by atoms with Gasteiger partial charge < -0.3 is 20.1 Å². The van der Waals surface area contributed by atoms with Crippen molar-refractivity contribution in [3.05, 3.63) is 28.8 Å². The Morgan fingerprint density at radius 3 is 2.90 bits per heavy atom. The van der Waals surface area contributed by atoms with Crippen molar-refractivity contribution in [2.75, 3.05) is 25.5 Å². The van der Waals surface area contributed by atoms with E-state index in [4.69, 9.17) is 21.4 Å². The van der Waals surface area contributed by atoms with Crippen LogP contribution in [0.2, 0.25) is 5.02 Å². The molecule has 0 bridgehead atoms. The molecule has 1 aliphatic heterocycles. The van der Waals surface area contributed by atoms with Gasteiger partial charge in [-0.05, 0) is 31.0 Å². The van der Waals surface area contributed by atoms with E-state index < -0.39 is 5.97 Å². The summed E-state index contributed by atoms with van der Waals surface area (Å²) in [4.78, 5) is 24.7. The predicted octanol–water partition coefficient (Wildman–Crippen LogP) is 2.68. The lowest BCUT2D eigenvalue weighted by Gasteiger charge is -2.21. The van der Waals surface area contributed by atoms with Crippen molar-refractivity contribution in [2.24, 2.45) is 0 Å². The van der Waals surface area contributed by atoms with Crippen LogP contribution in [-0.4, -0.2) is 48.3 Å². The van der Waals surface area contributed by atoms with Crippen LogP contribution in [0.1, 0.15) is 23.2 Å². The highest BCUT2D eigenvalue weighted by atomic mass is 35.5. The van der Waals surface area contributed by atoms with Gasteiger partial charge >= 0.3 is 12.0 Å². The Morgan fingerprint density at radius 1 is 1.52 bits per heavy atom. The second-order valence-corrected chi connectivity index (χ2v) is 5.38. The van der Waals surface area contributed by atoms with Crippen molar-refractivity contribution in [3.63, 3.8) is 0 Å². The Balaban J connectivity index is 2.03. The Hall–Kier alpha value is -1.79. The van der Waals surface area contributed by atoms with E-state index in [9.17, 15) is 9.59 Å².